The fourth-order valence-electron chi connectivity index (χ4n) is 1.24. The van der Waals surface area contributed by atoms with Crippen LogP contribution in [0.25, 0.3) is 0 Å². The number of carbonyl (C=O) groups is 1. The molecule has 1 aromatic carbocycles. The maximum Gasteiger partial charge on any atom is 0.573 e. The average molecular weight is 263 g/mol. The van der Waals surface area contributed by atoms with E-state index in [1.165, 1.54) is 18.2 Å². The van der Waals surface area contributed by atoms with Crippen LogP contribution in [0, 0.1) is 0 Å². The Labute approximate surface area is 101 Å². The van der Waals surface area contributed by atoms with E-state index >= 15 is 0 Å². The van der Waals surface area contributed by atoms with Gasteiger partial charge in [0.15, 0.2) is 5.78 Å². The lowest BCUT2D eigenvalue weighted by Crippen LogP contribution is -2.20. The molecular formula is C11H12F3NO3. The van der Waals surface area contributed by atoms with Gasteiger partial charge in [-0.1, -0.05) is 12.1 Å². The zero-order valence-corrected chi connectivity index (χ0v) is 9.37. The van der Waals surface area contributed by atoms with Crippen LogP contribution in [0.2, 0.25) is 0 Å². The second-order valence-electron chi connectivity index (χ2n) is 3.31. The second-order valence-corrected chi connectivity index (χ2v) is 3.31. The van der Waals surface area contributed by atoms with E-state index in [1.807, 2.05) is 0 Å². The Morgan fingerprint density at radius 1 is 1.28 bits per heavy atom. The van der Waals surface area contributed by atoms with Crippen LogP contribution in [0.15, 0.2) is 24.3 Å². The molecule has 0 atom stereocenters. The highest BCUT2D eigenvalue weighted by atomic mass is 19.4. The van der Waals surface area contributed by atoms with Crippen molar-refractivity contribution in [1.29, 1.82) is 0 Å². The van der Waals surface area contributed by atoms with Gasteiger partial charge in [-0.15, -0.1) is 13.2 Å². The largest absolute Gasteiger partial charge is 0.573 e. The first-order chi connectivity index (χ1) is 8.44. The van der Waals surface area contributed by atoms with Crippen LogP contribution in [0.3, 0.4) is 0 Å². The monoisotopic (exact) mass is 263 g/mol. The first-order valence-electron chi connectivity index (χ1n) is 5.10. The van der Waals surface area contributed by atoms with E-state index in [-0.39, 0.29) is 25.3 Å². The molecule has 0 saturated carbocycles. The van der Waals surface area contributed by atoms with E-state index < -0.39 is 17.9 Å². The lowest BCUT2D eigenvalue weighted by Gasteiger charge is -2.12. The first kappa shape index (κ1) is 14.5. The van der Waals surface area contributed by atoms with Gasteiger partial charge in [-0.2, -0.15) is 0 Å². The molecule has 0 aliphatic carbocycles. The summed E-state index contributed by atoms with van der Waals surface area (Å²) in [5.41, 5.74) is 4.98. The van der Waals surface area contributed by atoms with Crippen LogP contribution in [0.1, 0.15) is 10.4 Å². The van der Waals surface area contributed by atoms with Gasteiger partial charge in [-0.3, -0.25) is 4.79 Å². The maximum absolute atomic E-state index is 12.1. The number of para-hydroxylation sites is 1. The number of carbonyl (C=O) groups excluding carboxylic acids is 1. The molecule has 1 rings (SSSR count). The molecule has 0 aliphatic heterocycles. The maximum atomic E-state index is 12.1. The summed E-state index contributed by atoms with van der Waals surface area (Å²) in [7, 11) is 0. The van der Waals surface area contributed by atoms with E-state index in [4.69, 9.17) is 10.5 Å². The quantitative estimate of drug-likeness (QED) is 0.627. The minimum Gasteiger partial charge on any atom is -0.405 e. The van der Waals surface area contributed by atoms with Gasteiger partial charge in [0.25, 0.3) is 0 Å². The van der Waals surface area contributed by atoms with Crippen molar-refractivity contribution >= 4 is 5.78 Å². The second kappa shape index (κ2) is 6.36. The summed E-state index contributed by atoms with van der Waals surface area (Å²) < 4.78 is 45.0. The number of hydrogen-bond acceptors (Lipinski definition) is 4. The third kappa shape index (κ3) is 4.72. The van der Waals surface area contributed by atoms with Crippen molar-refractivity contribution in [3.63, 3.8) is 0 Å². The van der Waals surface area contributed by atoms with Gasteiger partial charge in [0.05, 0.1) is 12.2 Å². The fourth-order valence-corrected chi connectivity index (χ4v) is 1.24. The Balaban J connectivity index is 2.78. The summed E-state index contributed by atoms with van der Waals surface area (Å²) in [5, 5.41) is 0. The van der Waals surface area contributed by atoms with Gasteiger partial charge in [0, 0.05) is 6.54 Å². The van der Waals surface area contributed by atoms with Crippen molar-refractivity contribution in [2.45, 2.75) is 6.36 Å². The number of ketones is 1. The van der Waals surface area contributed by atoms with Crippen molar-refractivity contribution in [3.8, 4) is 5.75 Å². The fraction of sp³-hybridized carbons (Fsp3) is 0.364. The molecule has 0 aliphatic rings. The van der Waals surface area contributed by atoms with Crippen molar-refractivity contribution in [2.75, 3.05) is 19.8 Å². The van der Waals surface area contributed by atoms with Crippen molar-refractivity contribution in [3.05, 3.63) is 29.8 Å². The van der Waals surface area contributed by atoms with Crippen LogP contribution in [0.5, 0.6) is 5.75 Å². The number of Topliss-reactive ketones (excluding diaryl/α,β-unsaturated/α-hetero) is 1. The third-order valence-electron chi connectivity index (χ3n) is 1.91. The van der Waals surface area contributed by atoms with E-state index in [0.717, 1.165) is 6.07 Å². The number of halogens is 3. The van der Waals surface area contributed by atoms with Crippen molar-refractivity contribution in [1.82, 2.24) is 0 Å². The highest BCUT2D eigenvalue weighted by molar-refractivity contribution is 5.99. The molecular weight excluding hydrogens is 251 g/mol. The van der Waals surface area contributed by atoms with Gasteiger partial charge in [0.1, 0.15) is 12.4 Å². The Morgan fingerprint density at radius 2 is 1.94 bits per heavy atom. The summed E-state index contributed by atoms with van der Waals surface area (Å²) in [4.78, 5) is 11.6. The zero-order valence-electron chi connectivity index (χ0n) is 9.37. The molecule has 18 heavy (non-hydrogen) atoms. The lowest BCUT2D eigenvalue weighted by molar-refractivity contribution is -0.274. The average Bonchev–Trinajstić information content (AvgIpc) is 2.27. The van der Waals surface area contributed by atoms with Crippen LogP contribution in [0.4, 0.5) is 13.2 Å². The Kier molecular flexibility index (Phi) is 5.11. The summed E-state index contributed by atoms with van der Waals surface area (Å²) in [5.74, 6) is -1.13. The smallest absolute Gasteiger partial charge is 0.405 e. The molecule has 2 N–H and O–H groups in total. The molecule has 100 valence electrons. The number of nitrogens with two attached hydrogens (primary N) is 1. The normalized spacial score (nSPS) is 11.3. The molecule has 0 radical (unpaired) electrons. The molecule has 0 unspecified atom stereocenters. The molecule has 0 saturated heterocycles. The summed E-state index contributed by atoms with van der Waals surface area (Å²) in [6.45, 7) is 0.0530. The number of alkyl halides is 3. The molecule has 0 fully saturated rings. The number of ether oxygens (including phenoxy) is 2. The summed E-state index contributed by atoms with van der Waals surface area (Å²) >= 11 is 0. The van der Waals surface area contributed by atoms with E-state index in [0.29, 0.717) is 0 Å². The van der Waals surface area contributed by atoms with Gasteiger partial charge < -0.3 is 15.2 Å². The van der Waals surface area contributed by atoms with Gasteiger partial charge in [0.2, 0.25) is 0 Å². The zero-order chi connectivity index (χ0) is 13.6. The Hall–Kier alpha value is -1.60. The molecule has 4 nitrogen and oxygen atoms in total. The standard InChI is InChI=1S/C11H12F3NO3/c12-11(13,14)18-10-4-2-1-3-8(10)9(16)7-17-6-5-15/h1-4H,5-7,15H2. The summed E-state index contributed by atoms with van der Waals surface area (Å²) in [6.07, 6.45) is -4.84. The lowest BCUT2D eigenvalue weighted by atomic mass is 10.1. The van der Waals surface area contributed by atoms with Gasteiger partial charge in [-0.25, -0.2) is 0 Å². The van der Waals surface area contributed by atoms with Crippen molar-refractivity contribution in [2.24, 2.45) is 5.73 Å². The topological polar surface area (TPSA) is 61.5 Å². The number of rotatable bonds is 6. The minimum absolute atomic E-state index is 0.161. The van der Waals surface area contributed by atoms with Gasteiger partial charge in [-0.05, 0) is 12.1 Å². The Morgan fingerprint density at radius 3 is 2.56 bits per heavy atom. The molecule has 0 amide bonds. The van der Waals surface area contributed by atoms with Crippen LogP contribution < -0.4 is 10.5 Å². The van der Waals surface area contributed by atoms with Crippen LogP contribution in [-0.4, -0.2) is 31.9 Å². The first-order valence-corrected chi connectivity index (χ1v) is 5.10. The highest BCUT2D eigenvalue weighted by Gasteiger charge is 2.32. The molecule has 0 spiro atoms. The number of hydrogen-bond donors (Lipinski definition) is 1. The molecule has 0 aromatic heterocycles. The summed E-state index contributed by atoms with van der Waals surface area (Å²) in [6, 6.07) is 5.11. The molecule has 0 bridgehead atoms. The van der Waals surface area contributed by atoms with E-state index in [9.17, 15) is 18.0 Å². The minimum atomic E-state index is -4.84. The Bertz CT molecular complexity index is 407. The predicted molar refractivity (Wildman–Crippen MR) is 57.3 cm³/mol. The van der Waals surface area contributed by atoms with Crippen LogP contribution >= 0.6 is 0 Å². The highest BCUT2D eigenvalue weighted by Crippen LogP contribution is 2.26. The molecule has 7 heteroatoms. The third-order valence-corrected chi connectivity index (χ3v) is 1.91. The van der Waals surface area contributed by atoms with Crippen molar-refractivity contribution < 1.29 is 27.4 Å². The van der Waals surface area contributed by atoms with Gasteiger partial charge >= 0.3 is 6.36 Å². The molecule has 0 heterocycles. The number of benzene rings is 1. The predicted octanol–water partition coefficient (Wildman–Crippen LogP) is 1.74. The molecule has 1 aromatic rings. The SMILES string of the molecule is NCCOCC(=O)c1ccccc1OC(F)(F)F. The van der Waals surface area contributed by atoms with E-state index in [2.05, 4.69) is 4.74 Å². The van der Waals surface area contributed by atoms with E-state index in [1.54, 1.807) is 0 Å². The van der Waals surface area contributed by atoms with Crippen LogP contribution in [-0.2, 0) is 4.74 Å².